The van der Waals surface area contributed by atoms with Crippen LogP contribution in [0.2, 0.25) is 0 Å². The third-order valence-corrected chi connectivity index (χ3v) is 5.01. The highest BCUT2D eigenvalue weighted by Crippen LogP contribution is 2.23. The molecule has 0 spiro atoms. The van der Waals surface area contributed by atoms with Crippen molar-refractivity contribution in [3.63, 3.8) is 0 Å². The minimum Gasteiger partial charge on any atom is -0.259 e. The van der Waals surface area contributed by atoms with Crippen LogP contribution in [0, 0.1) is 11.6 Å². The molecule has 0 fully saturated rings. The van der Waals surface area contributed by atoms with Gasteiger partial charge in [-0.1, -0.05) is 36.4 Å². The molecule has 2 aromatic carbocycles. The predicted octanol–water partition coefficient (Wildman–Crippen LogP) is 3.43. The van der Waals surface area contributed by atoms with Crippen LogP contribution < -0.4 is 4.72 Å². The summed E-state index contributed by atoms with van der Waals surface area (Å²) < 4.78 is 54.3. The Morgan fingerprint density at radius 2 is 1.60 bits per heavy atom. The van der Waals surface area contributed by atoms with E-state index in [1.54, 1.807) is 48.7 Å². The Hall–Kier alpha value is -2.64. The van der Waals surface area contributed by atoms with Gasteiger partial charge >= 0.3 is 0 Å². The maximum Gasteiger partial charge on any atom is 0.241 e. The highest BCUT2D eigenvalue weighted by atomic mass is 32.2. The molecule has 0 bridgehead atoms. The van der Waals surface area contributed by atoms with Gasteiger partial charge in [-0.2, -0.15) is 4.72 Å². The zero-order valence-corrected chi connectivity index (χ0v) is 13.7. The lowest BCUT2D eigenvalue weighted by atomic mass is 10.0. The first kappa shape index (κ1) is 17.2. The average Bonchev–Trinajstić information content (AvgIpc) is 2.63. The lowest BCUT2D eigenvalue weighted by Gasteiger charge is -2.19. The van der Waals surface area contributed by atoms with Crippen LogP contribution in [0.1, 0.15) is 17.3 Å². The van der Waals surface area contributed by atoms with Crippen molar-refractivity contribution in [2.75, 3.05) is 0 Å². The van der Waals surface area contributed by atoms with E-state index in [1.807, 2.05) is 6.07 Å². The molecule has 7 heteroatoms. The molecule has 0 aliphatic rings. The second-order valence-electron chi connectivity index (χ2n) is 5.30. The van der Waals surface area contributed by atoms with Crippen molar-refractivity contribution in [1.29, 1.82) is 0 Å². The first-order chi connectivity index (χ1) is 12.0. The lowest BCUT2D eigenvalue weighted by Crippen LogP contribution is -2.30. The number of pyridine rings is 1. The highest BCUT2D eigenvalue weighted by Gasteiger charge is 2.24. The summed E-state index contributed by atoms with van der Waals surface area (Å²) in [5, 5.41) is 0. The highest BCUT2D eigenvalue weighted by molar-refractivity contribution is 7.89. The maximum absolute atomic E-state index is 13.4. The van der Waals surface area contributed by atoms with E-state index < -0.39 is 27.7 Å². The summed E-state index contributed by atoms with van der Waals surface area (Å²) in [6.45, 7) is 0. The van der Waals surface area contributed by atoms with E-state index in [1.165, 1.54) is 0 Å². The molecule has 3 aromatic rings. The lowest BCUT2D eigenvalue weighted by molar-refractivity contribution is 0.503. The Kier molecular flexibility index (Phi) is 4.87. The molecule has 1 atom stereocenters. The van der Waals surface area contributed by atoms with Gasteiger partial charge in [0.15, 0.2) is 11.6 Å². The van der Waals surface area contributed by atoms with E-state index >= 15 is 0 Å². The molecule has 25 heavy (non-hydrogen) atoms. The van der Waals surface area contributed by atoms with Crippen molar-refractivity contribution in [2.45, 2.75) is 10.9 Å². The number of hydrogen-bond donors (Lipinski definition) is 1. The van der Waals surface area contributed by atoms with E-state index in [0.717, 1.165) is 12.1 Å². The number of nitrogens with zero attached hydrogens (tertiary/aromatic N) is 1. The fourth-order valence-electron chi connectivity index (χ4n) is 2.36. The van der Waals surface area contributed by atoms with Crippen molar-refractivity contribution < 1.29 is 17.2 Å². The molecule has 1 heterocycles. The molecule has 3 rings (SSSR count). The standard InChI is InChI=1S/C18H14F2N2O2S/c19-15-10-9-14(12-16(15)20)25(23,24)22-18(13-6-2-1-3-7-13)17-8-4-5-11-21-17/h1-12,18,22H. The molecule has 128 valence electrons. The van der Waals surface area contributed by atoms with Gasteiger partial charge in [0.25, 0.3) is 0 Å². The minimum atomic E-state index is -4.09. The van der Waals surface area contributed by atoms with Crippen LogP contribution in [-0.2, 0) is 10.0 Å². The fourth-order valence-corrected chi connectivity index (χ4v) is 3.57. The topological polar surface area (TPSA) is 59.1 Å². The fraction of sp³-hybridized carbons (Fsp3) is 0.0556. The molecule has 1 aromatic heterocycles. The SMILES string of the molecule is O=S(=O)(NC(c1ccccc1)c1ccccn1)c1ccc(F)c(F)c1. The summed E-state index contributed by atoms with van der Waals surface area (Å²) in [4.78, 5) is 3.85. The van der Waals surface area contributed by atoms with E-state index in [9.17, 15) is 17.2 Å². The van der Waals surface area contributed by atoms with Crippen LogP contribution >= 0.6 is 0 Å². The van der Waals surface area contributed by atoms with Crippen LogP contribution in [0.25, 0.3) is 0 Å². The van der Waals surface area contributed by atoms with Crippen molar-refractivity contribution in [1.82, 2.24) is 9.71 Å². The van der Waals surface area contributed by atoms with Gasteiger partial charge in [-0.15, -0.1) is 0 Å². The zero-order valence-electron chi connectivity index (χ0n) is 12.9. The molecule has 0 aliphatic heterocycles. The Morgan fingerprint density at radius 1 is 0.880 bits per heavy atom. The van der Waals surface area contributed by atoms with Gasteiger partial charge in [0.2, 0.25) is 10.0 Å². The molecule has 0 amide bonds. The monoisotopic (exact) mass is 360 g/mol. The second-order valence-corrected chi connectivity index (χ2v) is 7.01. The normalized spacial score (nSPS) is 12.7. The number of aromatic nitrogens is 1. The number of sulfonamides is 1. The average molecular weight is 360 g/mol. The van der Waals surface area contributed by atoms with Gasteiger partial charge < -0.3 is 0 Å². The van der Waals surface area contributed by atoms with Crippen molar-refractivity contribution in [3.8, 4) is 0 Å². The summed E-state index contributed by atoms with van der Waals surface area (Å²) in [6.07, 6.45) is 1.55. The number of benzene rings is 2. The van der Waals surface area contributed by atoms with E-state index in [2.05, 4.69) is 9.71 Å². The molecular formula is C18H14F2N2O2S. The Balaban J connectivity index is 2.01. The van der Waals surface area contributed by atoms with Crippen LogP contribution in [0.15, 0.2) is 77.8 Å². The molecule has 1 unspecified atom stereocenters. The van der Waals surface area contributed by atoms with Gasteiger partial charge in [-0.3, -0.25) is 4.98 Å². The summed E-state index contributed by atoms with van der Waals surface area (Å²) >= 11 is 0. The van der Waals surface area contributed by atoms with Crippen molar-refractivity contribution in [2.24, 2.45) is 0 Å². The number of halogens is 2. The van der Waals surface area contributed by atoms with Crippen molar-refractivity contribution >= 4 is 10.0 Å². The smallest absolute Gasteiger partial charge is 0.241 e. The Morgan fingerprint density at radius 3 is 2.24 bits per heavy atom. The van der Waals surface area contributed by atoms with Gasteiger partial charge in [0, 0.05) is 6.20 Å². The number of hydrogen-bond acceptors (Lipinski definition) is 3. The van der Waals surface area contributed by atoms with Gasteiger partial charge in [-0.25, -0.2) is 17.2 Å². The molecule has 0 radical (unpaired) electrons. The van der Waals surface area contributed by atoms with Gasteiger partial charge in [0.05, 0.1) is 16.6 Å². The van der Waals surface area contributed by atoms with E-state index in [0.29, 0.717) is 17.3 Å². The third kappa shape index (κ3) is 3.89. The predicted molar refractivity (Wildman–Crippen MR) is 89.2 cm³/mol. The molecule has 4 nitrogen and oxygen atoms in total. The summed E-state index contributed by atoms with van der Waals surface area (Å²) in [6, 6.07) is 15.7. The van der Waals surface area contributed by atoms with Crippen molar-refractivity contribution in [3.05, 3.63) is 95.8 Å². The first-order valence-corrected chi connectivity index (χ1v) is 8.89. The Labute approximate surface area is 144 Å². The van der Waals surface area contributed by atoms with Gasteiger partial charge in [0.1, 0.15) is 0 Å². The molecule has 0 aliphatic carbocycles. The summed E-state index contributed by atoms with van der Waals surface area (Å²) in [5.74, 6) is -2.33. The van der Waals surface area contributed by atoms with Crippen LogP contribution in [0.5, 0.6) is 0 Å². The molecule has 0 saturated heterocycles. The summed E-state index contributed by atoms with van der Waals surface area (Å²) in [7, 11) is -4.09. The molecule has 0 saturated carbocycles. The molecular weight excluding hydrogens is 346 g/mol. The van der Waals surface area contributed by atoms with Crippen LogP contribution in [-0.4, -0.2) is 13.4 Å². The first-order valence-electron chi connectivity index (χ1n) is 7.40. The number of nitrogens with one attached hydrogen (secondary N) is 1. The number of rotatable bonds is 5. The minimum absolute atomic E-state index is 0.358. The van der Waals surface area contributed by atoms with Crippen LogP contribution in [0.4, 0.5) is 8.78 Å². The van der Waals surface area contributed by atoms with Crippen LogP contribution in [0.3, 0.4) is 0 Å². The van der Waals surface area contributed by atoms with E-state index in [-0.39, 0.29) is 4.90 Å². The van der Waals surface area contributed by atoms with E-state index in [4.69, 9.17) is 0 Å². The second kappa shape index (κ2) is 7.08. The quantitative estimate of drug-likeness (QED) is 0.758. The Bertz CT molecular complexity index is 925. The maximum atomic E-state index is 13.4. The third-order valence-electron chi connectivity index (χ3n) is 3.59. The molecule has 1 N–H and O–H groups in total. The largest absolute Gasteiger partial charge is 0.259 e. The zero-order chi connectivity index (χ0) is 17.9. The summed E-state index contributed by atoms with van der Waals surface area (Å²) in [5.41, 5.74) is 1.16. The van der Waals surface area contributed by atoms with Gasteiger partial charge in [-0.05, 0) is 35.9 Å².